The molecule has 2 aromatic heterocycles. The molecule has 0 radical (unpaired) electrons. The Hall–Kier alpha value is -3.41. The Morgan fingerprint density at radius 1 is 0.970 bits per heavy atom. The molecule has 0 saturated heterocycles. The number of carbonyl (C=O) groups is 1. The fourth-order valence-corrected chi connectivity index (χ4v) is 5.23. The van der Waals surface area contributed by atoms with E-state index in [2.05, 4.69) is 10.4 Å². The summed E-state index contributed by atoms with van der Waals surface area (Å²) in [6, 6.07) is 29.5. The van der Waals surface area contributed by atoms with Crippen LogP contribution in [0.2, 0.25) is 5.02 Å². The Kier molecular flexibility index (Phi) is 5.99. The van der Waals surface area contributed by atoms with Crippen molar-refractivity contribution in [3.8, 4) is 0 Å². The summed E-state index contributed by atoms with van der Waals surface area (Å²) >= 11 is 7.82. The molecular weight excluding hydrogens is 450 g/mol. The highest BCUT2D eigenvalue weighted by atomic mass is 35.5. The maximum absolute atomic E-state index is 13.4. The third kappa shape index (κ3) is 4.42. The van der Waals surface area contributed by atoms with Gasteiger partial charge in [0, 0.05) is 10.4 Å². The number of hydrogen-bond acceptors (Lipinski definition) is 3. The van der Waals surface area contributed by atoms with Crippen molar-refractivity contribution in [2.24, 2.45) is 0 Å². The van der Waals surface area contributed by atoms with Gasteiger partial charge in [0.1, 0.15) is 4.83 Å². The van der Waals surface area contributed by atoms with E-state index in [1.165, 1.54) is 11.3 Å². The van der Waals surface area contributed by atoms with Crippen molar-refractivity contribution in [2.45, 2.75) is 19.5 Å². The molecule has 0 fully saturated rings. The number of thiophene rings is 1. The van der Waals surface area contributed by atoms with Gasteiger partial charge in [-0.15, -0.1) is 11.3 Å². The number of benzene rings is 3. The molecule has 0 bridgehead atoms. The highest BCUT2D eigenvalue weighted by Crippen LogP contribution is 2.31. The van der Waals surface area contributed by atoms with Gasteiger partial charge in [-0.3, -0.25) is 9.48 Å². The first-order chi connectivity index (χ1) is 16.1. The predicted octanol–water partition coefficient (Wildman–Crippen LogP) is 6.63. The number of aromatic nitrogens is 2. The third-order valence-electron chi connectivity index (χ3n) is 5.65. The van der Waals surface area contributed by atoms with Crippen LogP contribution in [0.1, 0.15) is 38.1 Å². The molecule has 3 aromatic carbocycles. The number of aryl methyl sites for hydroxylation is 1. The molecule has 0 saturated carbocycles. The van der Waals surface area contributed by atoms with E-state index >= 15 is 0 Å². The van der Waals surface area contributed by atoms with Crippen molar-refractivity contribution in [1.29, 1.82) is 0 Å². The maximum atomic E-state index is 13.4. The van der Waals surface area contributed by atoms with E-state index in [0.717, 1.165) is 32.6 Å². The molecule has 0 aliphatic heterocycles. The molecule has 0 spiro atoms. The first-order valence-electron chi connectivity index (χ1n) is 10.7. The fraction of sp³-hybridized carbons (Fsp3) is 0.111. The van der Waals surface area contributed by atoms with Crippen LogP contribution in [0.15, 0.2) is 91.0 Å². The van der Waals surface area contributed by atoms with Gasteiger partial charge in [0.05, 0.1) is 23.2 Å². The van der Waals surface area contributed by atoms with Gasteiger partial charge in [-0.25, -0.2) is 0 Å². The molecule has 1 N–H and O–H groups in total. The highest BCUT2D eigenvalue weighted by molar-refractivity contribution is 7.20. The summed E-state index contributed by atoms with van der Waals surface area (Å²) in [5, 5.41) is 9.62. The minimum absolute atomic E-state index is 0.0994. The lowest BCUT2D eigenvalue weighted by molar-refractivity contribution is 0.0947. The van der Waals surface area contributed by atoms with Crippen molar-refractivity contribution in [3.05, 3.63) is 123 Å². The van der Waals surface area contributed by atoms with Crippen LogP contribution in [-0.2, 0) is 6.54 Å². The molecular formula is C27H22ClN3OS. The van der Waals surface area contributed by atoms with E-state index in [-0.39, 0.29) is 11.9 Å². The monoisotopic (exact) mass is 471 g/mol. The van der Waals surface area contributed by atoms with Crippen LogP contribution in [0.4, 0.5) is 0 Å². The van der Waals surface area contributed by atoms with Gasteiger partial charge in [-0.1, -0.05) is 90.5 Å². The number of rotatable bonds is 6. The van der Waals surface area contributed by atoms with E-state index < -0.39 is 0 Å². The molecule has 0 aliphatic carbocycles. The molecule has 4 nitrogen and oxygen atoms in total. The lowest BCUT2D eigenvalue weighted by atomic mass is 9.98. The summed E-state index contributed by atoms with van der Waals surface area (Å²) in [5.74, 6) is -0.0994. The summed E-state index contributed by atoms with van der Waals surface area (Å²) in [6.07, 6.45) is 0. The fourth-order valence-electron chi connectivity index (χ4n) is 3.97. The van der Waals surface area contributed by atoms with Gasteiger partial charge in [0.25, 0.3) is 5.91 Å². The number of nitrogens with one attached hydrogen (secondary N) is 1. The van der Waals surface area contributed by atoms with E-state index in [1.807, 2.05) is 103 Å². The molecule has 0 aliphatic rings. The van der Waals surface area contributed by atoms with Gasteiger partial charge < -0.3 is 5.32 Å². The van der Waals surface area contributed by atoms with Gasteiger partial charge in [-0.05, 0) is 35.7 Å². The number of fused-ring (bicyclic) bond motifs is 1. The number of carbonyl (C=O) groups excluding carboxylic acids is 1. The van der Waals surface area contributed by atoms with Crippen LogP contribution in [0.5, 0.6) is 0 Å². The maximum Gasteiger partial charge on any atom is 0.262 e. The Morgan fingerprint density at radius 2 is 1.58 bits per heavy atom. The predicted molar refractivity (Wildman–Crippen MR) is 135 cm³/mol. The van der Waals surface area contributed by atoms with Crippen molar-refractivity contribution in [3.63, 3.8) is 0 Å². The smallest absolute Gasteiger partial charge is 0.262 e. The molecule has 6 heteroatoms. The molecule has 1 amide bonds. The second kappa shape index (κ2) is 9.22. The lowest BCUT2D eigenvalue weighted by Crippen LogP contribution is -2.28. The number of amides is 1. The van der Waals surface area contributed by atoms with E-state index in [9.17, 15) is 4.79 Å². The first kappa shape index (κ1) is 21.4. The molecule has 33 heavy (non-hydrogen) atoms. The largest absolute Gasteiger partial charge is 0.340 e. The topological polar surface area (TPSA) is 46.9 Å². The van der Waals surface area contributed by atoms with Crippen molar-refractivity contribution < 1.29 is 4.79 Å². The highest BCUT2D eigenvalue weighted by Gasteiger charge is 2.21. The summed E-state index contributed by atoms with van der Waals surface area (Å²) in [6.45, 7) is 2.53. The van der Waals surface area contributed by atoms with E-state index in [1.54, 1.807) is 0 Å². The Balaban J connectivity index is 1.46. The van der Waals surface area contributed by atoms with Crippen LogP contribution in [0.3, 0.4) is 0 Å². The lowest BCUT2D eigenvalue weighted by Gasteiger charge is -2.19. The van der Waals surface area contributed by atoms with Crippen molar-refractivity contribution in [1.82, 2.24) is 15.1 Å². The Bertz CT molecular complexity index is 1370. The average Bonchev–Trinajstić information content (AvgIpc) is 3.41. The molecule has 2 heterocycles. The summed E-state index contributed by atoms with van der Waals surface area (Å²) < 4.78 is 1.93. The molecule has 0 unspecified atom stereocenters. The zero-order valence-corrected chi connectivity index (χ0v) is 19.6. The standard InChI is InChI=1S/C27H22ClN3OS/c1-18-22-16-24(33-27(22)31(30-18)17-21-14-8-9-15-23(21)28)26(32)29-25(19-10-4-2-5-11-19)20-12-6-3-7-13-20/h2-16,25H,17H2,1H3,(H,29,32). The molecule has 164 valence electrons. The van der Waals surface area contributed by atoms with Crippen LogP contribution in [-0.4, -0.2) is 15.7 Å². The van der Waals surface area contributed by atoms with E-state index in [4.69, 9.17) is 11.6 Å². The minimum Gasteiger partial charge on any atom is -0.340 e. The van der Waals surface area contributed by atoms with Gasteiger partial charge in [0.2, 0.25) is 0 Å². The van der Waals surface area contributed by atoms with Gasteiger partial charge >= 0.3 is 0 Å². The van der Waals surface area contributed by atoms with Crippen molar-refractivity contribution >= 4 is 39.1 Å². The van der Waals surface area contributed by atoms with Crippen molar-refractivity contribution in [2.75, 3.05) is 0 Å². The minimum atomic E-state index is -0.231. The van der Waals surface area contributed by atoms with Crippen LogP contribution in [0.25, 0.3) is 10.2 Å². The first-order valence-corrected chi connectivity index (χ1v) is 11.9. The second-order valence-corrected chi connectivity index (χ2v) is 9.33. The second-order valence-electron chi connectivity index (χ2n) is 7.89. The Morgan fingerprint density at radius 3 is 2.21 bits per heavy atom. The van der Waals surface area contributed by atoms with Gasteiger partial charge in [0.15, 0.2) is 0 Å². The summed E-state index contributed by atoms with van der Waals surface area (Å²) in [4.78, 5) is 15.0. The SMILES string of the molecule is Cc1nn(Cc2ccccc2Cl)c2sc(C(=O)NC(c3ccccc3)c3ccccc3)cc12. The van der Waals surface area contributed by atoms with Gasteiger partial charge in [-0.2, -0.15) is 5.10 Å². The quantitative estimate of drug-likeness (QED) is 0.302. The normalized spacial score (nSPS) is 11.2. The molecule has 0 atom stereocenters. The van der Waals surface area contributed by atoms with Crippen LogP contribution >= 0.6 is 22.9 Å². The number of halogens is 1. The molecule has 5 aromatic rings. The zero-order chi connectivity index (χ0) is 22.8. The Labute approximate surface area is 201 Å². The number of hydrogen-bond donors (Lipinski definition) is 1. The average molecular weight is 472 g/mol. The zero-order valence-electron chi connectivity index (χ0n) is 18.0. The molecule has 5 rings (SSSR count). The third-order valence-corrected chi connectivity index (χ3v) is 7.17. The summed E-state index contributed by atoms with van der Waals surface area (Å²) in [7, 11) is 0. The summed E-state index contributed by atoms with van der Waals surface area (Å²) in [5.41, 5.74) is 3.98. The van der Waals surface area contributed by atoms with E-state index in [0.29, 0.717) is 16.4 Å². The van der Waals surface area contributed by atoms with Crippen LogP contribution < -0.4 is 5.32 Å². The number of nitrogens with zero attached hydrogens (tertiary/aromatic N) is 2. The van der Waals surface area contributed by atoms with Crippen LogP contribution in [0, 0.1) is 6.92 Å².